The van der Waals surface area contributed by atoms with Gasteiger partial charge in [0.2, 0.25) is 0 Å². The van der Waals surface area contributed by atoms with Crippen molar-refractivity contribution in [2.45, 2.75) is 24.7 Å². The van der Waals surface area contributed by atoms with Gasteiger partial charge in [0.1, 0.15) is 0 Å². The molecule has 0 heterocycles. The summed E-state index contributed by atoms with van der Waals surface area (Å²) in [5, 5.41) is 10.3. The van der Waals surface area contributed by atoms with Gasteiger partial charge in [-0.3, -0.25) is 0 Å². The lowest BCUT2D eigenvalue weighted by atomic mass is 9.70. The maximum atomic E-state index is 2.63. The fourth-order valence-electron chi connectivity index (χ4n) is 13.4. The molecule has 0 fully saturated rings. The van der Waals surface area contributed by atoms with E-state index in [9.17, 15) is 0 Å². The summed E-state index contributed by atoms with van der Waals surface area (Å²) >= 11 is 0. The van der Waals surface area contributed by atoms with Crippen LogP contribution < -0.4 is 4.90 Å². The number of benzene rings is 12. The molecule has 0 aromatic heterocycles. The number of para-hydroxylation sites is 1. The van der Waals surface area contributed by atoms with Crippen LogP contribution in [0.1, 0.15) is 47.2 Å². The van der Waals surface area contributed by atoms with Gasteiger partial charge >= 0.3 is 0 Å². The fraction of sp³-hybridized carbons (Fsp3) is 0.0588. The number of hydrogen-bond acceptors (Lipinski definition) is 1. The van der Waals surface area contributed by atoms with Gasteiger partial charge in [-0.25, -0.2) is 0 Å². The van der Waals surface area contributed by atoms with Gasteiger partial charge in [0.25, 0.3) is 0 Å². The molecule has 12 aromatic carbocycles. The van der Waals surface area contributed by atoms with Crippen molar-refractivity contribution < 1.29 is 0 Å². The van der Waals surface area contributed by atoms with Crippen LogP contribution in [-0.4, -0.2) is 0 Å². The molecule has 322 valence electrons. The highest BCUT2D eigenvalue weighted by Gasteiger charge is 2.52. The van der Waals surface area contributed by atoms with E-state index in [1.54, 1.807) is 0 Å². The molecule has 0 N–H and O–H groups in total. The predicted molar refractivity (Wildman–Crippen MR) is 290 cm³/mol. The largest absolute Gasteiger partial charge is 0.309 e. The highest BCUT2D eigenvalue weighted by atomic mass is 15.2. The van der Waals surface area contributed by atoms with Gasteiger partial charge < -0.3 is 4.90 Å². The van der Waals surface area contributed by atoms with Crippen LogP contribution in [0.15, 0.2) is 237 Å². The normalized spacial score (nSPS) is 14.2. The minimum Gasteiger partial charge on any atom is -0.309 e. The third-order valence-corrected chi connectivity index (χ3v) is 16.2. The van der Waals surface area contributed by atoms with Crippen molar-refractivity contribution in [3.63, 3.8) is 0 Å². The van der Waals surface area contributed by atoms with Crippen LogP contribution in [0, 0.1) is 0 Å². The molecule has 0 atom stereocenters. The Balaban J connectivity index is 1.06. The maximum absolute atomic E-state index is 2.63. The maximum Gasteiger partial charge on any atom is 0.0726 e. The van der Waals surface area contributed by atoms with Crippen molar-refractivity contribution >= 4 is 60.2 Å². The molecule has 1 nitrogen and oxygen atoms in total. The van der Waals surface area contributed by atoms with Crippen LogP contribution in [0.2, 0.25) is 0 Å². The highest BCUT2D eigenvalue weighted by molar-refractivity contribution is 6.27. The zero-order valence-corrected chi connectivity index (χ0v) is 38.5. The smallest absolute Gasteiger partial charge is 0.0726 e. The molecule has 0 amide bonds. The van der Waals surface area contributed by atoms with E-state index in [0.29, 0.717) is 0 Å². The van der Waals surface area contributed by atoms with Gasteiger partial charge in [-0.05, 0) is 135 Å². The van der Waals surface area contributed by atoms with Crippen molar-refractivity contribution in [2.24, 2.45) is 0 Å². The van der Waals surface area contributed by atoms with E-state index >= 15 is 0 Å². The summed E-state index contributed by atoms with van der Waals surface area (Å²) in [6.07, 6.45) is 0. The predicted octanol–water partition coefficient (Wildman–Crippen LogP) is 18.1. The summed E-state index contributed by atoms with van der Waals surface area (Å²) in [6.45, 7) is 4.89. The summed E-state index contributed by atoms with van der Waals surface area (Å²) in [5.41, 5.74) is 21.0. The Kier molecular flexibility index (Phi) is 7.83. The summed E-state index contributed by atoms with van der Waals surface area (Å²) in [7, 11) is 0. The molecule has 0 unspecified atom stereocenters. The Hall–Kier alpha value is -8.52. The topological polar surface area (TPSA) is 3.24 Å². The van der Waals surface area contributed by atoms with Crippen LogP contribution in [0.3, 0.4) is 0 Å². The van der Waals surface area contributed by atoms with Crippen molar-refractivity contribution in [2.75, 3.05) is 4.90 Å². The Labute approximate surface area is 402 Å². The SMILES string of the molecule is CC1(C)c2cc3c4ccccc4c4ccccc4c3cc2-c2c1cc(N(c1ccccc1-c1ccccc1)c1cccc3c1-c1ccccc1C31c3ccccc3-c3ccccc31)c1ccccc21. The number of anilines is 3. The molecular weight excluding hydrogens is 831 g/mol. The number of nitrogens with zero attached hydrogens (tertiary/aromatic N) is 1. The molecule has 0 aliphatic heterocycles. The molecular formula is C68H45N. The average Bonchev–Trinajstić information content (AvgIpc) is 3.97. The first-order valence-corrected chi connectivity index (χ1v) is 24.3. The summed E-state index contributed by atoms with van der Waals surface area (Å²) in [4.78, 5) is 2.63. The van der Waals surface area contributed by atoms with E-state index in [2.05, 4.69) is 255 Å². The van der Waals surface area contributed by atoms with Crippen LogP contribution in [0.25, 0.3) is 87.6 Å². The molecule has 0 saturated carbocycles. The first-order valence-electron chi connectivity index (χ1n) is 24.3. The first kappa shape index (κ1) is 38.6. The van der Waals surface area contributed by atoms with Crippen molar-refractivity contribution in [3.05, 3.63) is 270 Å². The quantitative estimate of drug-likeness (QED) is 0.159. The van der Waals surface area contributed by atoms with Gasteiger partial charge in [-0.2, -0.15) is 0 Å². The Morgan fingerprint density at radius 2 is 0.725 bits per heavy atom. The number of rotatable bonds is 4. The monoisotopic (exact) mass is 875 g/mol. The van der Waals surface area contributed by atoms with E-state index in [-0.39, 0.29) is 5.41 Å². The second-order valence-corrected chi connectivity index (χ2v) is 19.8. The molecule has 0 saturated heterocycles. The molecule has 69 heavy (non-hydrogen) atoms. The third-order valence-electron chi connectivity index (χ3n) is 16.2. The Bertz CT molecular complexity index is 4130. The molecule has 1 heteroatoms. The van der Waals surface area contributed by atoms with E-state index in [1.165, 1.54) is 132 Å². The Morgan fingerprint density at radius 3 is 1.38 bits per heavy atom. The highest BCUT2D eigenvalue weighted by Crippen LogP contribution is 2.65. The van der Waals surface area contributed by atoms with Gasteiger partial charge in [-0.1, -0.05) is 220 Å². The average molecular weight is 876 g/mol. The van der Waals surface area contributed by atoms with E-state index < -0.39 is 5.41 Å². The Morgan fingerprint density at radius 1 is 0.261 bits per heavy atom. The lowest BCUT2D eigenvalue weighted by Gasteiger charge is -2.34. The van der Waals surface area contributed by atoms with E-state index in [0.717, 1.165) is 5.69 Å². The standard InChI is InChI=1S/C68H45N/c1-67(2)60-40-54-47-27-9-7-25-45(47)44-24-6-8-26-46(44)53(54)39-55(60)65-51-31-11-10-30-50(51)64(41-61(65)67)69(62-37-19-15-23-43(62)42-21-4-3-5-22-42)63-38-20-36-59-66(63)52-32-14-18-35-58(52)68(59)56-33-16-12-28-48(56)49-29-13-17-34-57(49)68/h3-41H,1-2H3. The second-order valence-electron chi connectivity index (χ2n) is 19.8. The van der Waals surface area contributed by atoms with Gasteiger partial charge in [-0.15, -0.1) is 0 Å². The molecule has 0 radical (unpaired) electrons. The van der Waals surface area contributed by atoms with E-state index in [1.807, 2.05) is 0 Å². The van der Waals surface area contributed by atoms with Crippen LogP contribution >= 0.6 is 0 Å². The van der Waals surface area contributed by atoms with Crippen molar-refractivity contribution in [3.8, 4) is 44.5 Å². The lowest BCUT2D eigenvalue weighted by molar-refractivity contribution is 0.662. The van der Waals surface area contributed by atoms with Gasteiger partial charge in [0.15, 0.2) is 0 Å². The lowest BCUT2D eigenvalue weighted by Crippen LogP contribution is -2.26. The molecule has 3 aliphatic carbocycles. The molecule has 0 bridgehead atoms. The molecule has 12 aromatic rings. The third kappa shape index (κ3) is 4.99. The number of fused-ring (bicyclic) bond motifs is 21. The second kappa shape index (κ2) is 14.0. The zero-order chi connectivity index (χ0) is 45.6. The first-order chi connectivity index (χ1) is 34.0. The molecule has 3 aliphatic rings. The summed E-state index contributed by atoms with van der Waals surface area (Å²) < 4.78 is 0. The summed E-state index contributed by atoms with van der Waals surface area (Å²) in [5.74, 6) is 0. The number of hydrogen-bond donors (Lipinski definition) is 0. The van der Waals surface area contributed by atoms with Gasteiger partial charge in [0.05, 0.1) is 22.5 Å². The molecule has 1 spiro atoms. The van der Waals surface area contributed by atoms with E-state index in [4.69, 9.17) is 0 Å². The van der Waals surface area contributed by atoms with Crippen LogP contribution in [-0.2, 0) is 10.8 Å². The fourth-order valence-corrected chi connectivity index (χ4v) is 13.4. The van der Waals surface area contributed by atoms with Crippen LogP contribution in [0.5, 0.6) is 0 Å². The van der Waals surface area contributed by atoms with Crippen molar-refractivity contribution in [1.29, 1.82) is 0 Å². The minimum atomic E-state index is -0.472. The van der Waals surface area contributed by atoms with Crippen LogP contribution in [0.4, 0.5) is 17.1 Å². The zero-order valence-electron chi connectivity index (χ0n) is 38.5. The molecule has 15 rings (SSSR count). The van der Waals surface area contributed by atoms with Crippen molar-refractivity contribution in [1.82, 2.24) is 0 Å². The van der Waals surface area contributed by atoms with Gasteiger partial charge in [0, 0.05) is 21.9 Å². The summed E-state index contributed by atoms with van der Waals surface area (Å²) in [6, 6.07) is 89.3. The minimum absolute atomic E-state index is 0.304.